The molecule has 146 valence electrons. The number of carbonyl (C=O) groups excluding carboxylic acids is 2. The molecule has 0 saturated heterocycles. The Hall–Kier alpha value is -3.95. The van der Waals surface area contributed by atoms with E-state index in [2.05, 4.69) is 10.3 Å². The normalized spacial score (nSPS) is 11.8. The molecule has 0 aliphatic rings. The predicted molar refractivity (Wildman–Crippen MR) is 118 cm³/mol. The smallest absolute Gasteiger partial charge is 0.257 e. The fraction of sp³-hybridized carbons (Fsp3) is 0.0417. The number of ether oxygens (including phenoxy) is 1. The van der Waals surface area contributed by atoms with Crippen LogP contribution in [0.4, 0.5) is 5.13 Å². The molecule has 1 N–H and O–H groups in total. The van der Waals surface area contributed by atoms with Crippen LogP contribution in [0.25, 0.3) is 10.2 Å². The summed E-state index contributed by atoms with van der Waals surface area (Å²) in [6.45, 7) is -2.22. The summed E-state index contributed by atoms with van der Waals surface area (Å²) in [5.74, 6) is 1.72. The summed E-state index contributed by atoms with van der Waals surface area (Å²) < 4.78 is 20.9. The Morgan fingerprint density at radius 3 is 2.47 bits per heavy atom. The van der Waals surface area contributed by atoms with E-state index in [4.69, 9.17) is 13.9 Å². The average molecular weight is 414 g/mol. The van der Waals surface area contributed by atoms with Gasteiger partial charge in [-0.2, -0.15) is 0 Å². The Bertz CT molecular complexity index is 1340. The van der Waals surface area contributed by atoms with E-state index in [1.807, 2.05) is 12.0 Å². The molecule has 30 heavy (non-hydrogen) atoms. The van der Waals surface area contributed by atoms with Gasteiger partial charge in [-0.25, -0.2) is 4.98 Å². The molecule has 0 atom stereocenters. The van der Waals surface area contributed by atoms with E-state index < -0.39 is 6.56 Å². The highest BCUT2D eigenvalue weighted by atomic mass is 32.1. The van der Waals surface area contributed by atoms with Gasteiger partial charge in [0, 0.05) is 16.7 Å². The standard InChI is InChI=1S/C24H16N2O3S/c1-2-14-29-19-12-13-20-21(15-19)30-24(25-20)26-23(28)18-10-8-17(9-11-18)22(27)16-6-4-3-5-7-16/h1,3-13,15H,14H2,(H,25,26,28)/i14D2. The molecular weight excluding hydrogens is 396 g/mol. The largest absolute Gasteiger partial charge is 0.481 e. The van der Waals surface area contributed by atoms with E-state index in [-0.39, 0.29) is 17.4 Å². The molecule has 4 aromatic rings. The number of hydrogen-bond acceptors (Lipinski definition) is 5. The van der Waals surface area contributed by atoms with Crippen LogP contribution in [0.3, 0.4) is 0 Å². The molecule has 1 heterocycles. The molecule has 0 aliphatic carbocycles. The number of rotatable bonds is 6. The summed E-state index contributed by atoms with van der Waals surface area (Å²) in [5.41, 5.74) is 2.09. The predicted octanol–water partition coefficient (Wildman–Crippen LogP) is 4.79. The van der Waals surface area contributed by atoms with Gasteiger partial charge in [0.2, 0.25) is 0 Å². The number of aromatic nitrogens is 1. The molecule has 0 aliphatic heterocycles. The maximum Gasteiger partial charge on any atom is 0.257 e. The van der Waals surface area contributed by atoms with E-state index >= 15 is 0 Å². The quantitative estimate of drug-likeness (QED) is 0.364. The molecule has 1 amide bonds. The van der Waals surface area contributed by atoms with Crippen LogP contribution in [0.15, 0.2) is 72.8 Å². The number of carbonyl (C=O) groups is 2. The van der Waals surface area contributed by atoms with Crippen LogP contribution in [0.1, 0.15) is 29.0 Å². The minimum absolute atomic E-state index is 0.115. The number of benzene rings is 3. The van der Waals surface area contributed by atoms with Crippen LogP contribution in [0.5, 0.6) is 5.75 Å². The Morgan fingerprint density at radius 2 is 1.73 bits per heavy atom. The third-order valence-electron chi connectivity index (χ3n) is 4.25. The van der Waals surface area contributed by atoms with Gasteiger partial charge < -0.3 is 4.74 Å². The van der Waals surface area contributed by atoms with Gasteiger partial charge in [0.1, 0.15) is 12.3 Å². The second kappa shape index (κ2) is 8.60. The van der Waals surface area contributed by atoms with E-state index in [9.17, 15) is 9.59 Å². The summed E-state index contributed by atoms with van der Waals surface area (Å²) in [5, 5.41) is 3.12. The molecule has 0 fully saturated rings. The number of nitrogens with zero attached hydrogens (tertiary/aromatic N) is 1. The van der Waals surface area contributed by atoms with Gasteiger partial charge in [-0.3, -0.25) is 14.9 Å². The zero-order valence-corrected chi connectivity index (χ0v) is 16.4. The summed E-state index contributed by atoms with van der Waals surface area (Å²) in [7, 11) is 0. The number of thiazole rings is 1. The second-order valence-corrected chi connectivity index (χ2v) is 7.25. The summed E-state index contributed by atoms with van der Waals surface area (Å²) in [6, 6.07) is 20.2. The van der Waals surface area contributed by atoms with Crippen LogP contribution in [0.2, 0.25) is 0 Å². The molecule has 0 bridgehead atoms. The lowest BCUT2D eigenvalue weighted by molar-refractivity contribution is 0.102. The highest BCUT2D eigenvalue weighted by Gasteiger charge is 2.13. The van der Waals surface area contributed by atoms with Crippen LogP contribution < -0.4 is 10.1 Å². The van der Waals surface area contributed by atoms with Crippen molar-refractivity contribution in [2.24, 2.45) is 0 Å². The molecule has 0 radical (unpaired) electrons. The molecule has 6 heteroatoms. The lowest BCUT2D eigenvalue weighted by Crippen LogP contribution is -2.12. The molecule has 0 unspecified atom stereocenters. The molecule has 1 aromatic heterocycles. The maximum atomic E-state index is 12.6. The number of ketones is 1. The highest BCUT2D eigenvalue weighted by molar-refractivity contribution is 7.22. The Kier molecular flexibility index (Phi) is 4.86. The Balaban J connectivity index is 1.47. The number of nitrogens with one attached hydrogen (secondary N) is 1. The minimum atomic E-state index is -2.22. The van der Waals surface area contributed by atoms with Crippen molar-refractivity contribution in [2.45, 2.75) is 0 Å². The van der Waals surface area contributed by atoms with Gasteiger partial charge in [0.05, 0.1) is 13.0 Å². The van der Waals surface area contributed by atoms with E-state index in [0.717, 1.165) is 0 Å². The van der Waals surface area contributed by atoms with Crippen molar-refractivity contribution in [2.75, 3.05) is 11.9 Å². The van der Waals surface area contributed by atoms with E-state index in [1.54, 1.807) is 66.7 Å². The topological polar surface area (TPSA) is 68.3 Å². The van der Waals surface area contributed by atoms with Gasteiger partial charge >= 0.3 is 0 Å². The third-order valence-corrected chi connectivity index (χ3v) is 5.19. The fourth-order valence-electron chi connectivity index (χ4n) is 2.81. The van der Waals surface area contributed by atoms with Crippen molar-refractivity contribution in [1.29, 1.82) is 0 Å². The van der Waals surface area contributed by atoms with Crippen molar-refractivity contribution in [1.82, 2.24) is 4.98 Å². The van der Waals surface area contributed by atoms with Crippen molar-refractivity contribution < 1.29 is 17.1 Å². The fourth-order valence-corrected chi connectivity index (χ4v) is 3.70. The summed E-state index contributed by atoms with van der Waals surface area (Å²) in [4.78, 5) is 29.5. The first kappa shape index (κ1) is 17.0. The van der Waals surface area contributed by atoms with Crippen molar-refractivity contribution in [3.63, 3.8) is 0 Å². The van der Waals surface area contributed by atoms with Crippen LogP contribution in [-0.2, 0) is 0 Å². The number of anilines is 1. The summed E-state index contributed by atoms with van der Waals surface area (Å²) >= 11 is 1.22. The number of fused-ring (bicyclic) bond motifs is 1. The molecule has 0 spiro atoms. The van der Waals surface area contributed by atoms with Crippen LogP contribution in [0, 0.1) is 12.3 Å². The van der Waals surface area contributed by atoms with Crippen LogP contribution in [-0.4, -0.2) is 23.2 Å². The monoisotopic (exact) mass is 414 g/mol. The van der Waals surface area contributed by atoms with Crippen LogP contribution >= 0.6 is 11.3 Å². The van der Waals surface area contributed by atoms with Gasteiger partial charge in [0.15, 0.2) is 10.9 Å². The zero-order chi connectivity index (χ0) is 22.7. The van der Waals surface area contributed by atoms with Gasteiger partial charge in [-0.05, 0) is 30.3 Å². The highest BCUT2D eigenvalue weighted by Crippen LogP contribution is 2.29. The Morgan fingerprint density at radius 1 is 1.03 bits per heavy atom. The minimum Gasteiger partial charge on any atom is -0.481 e. The van der Waals surface area contributed by atoms with Crippen molar-refractivity contribution >= 4 is 38.4 Å². The van der Waals surface area contributed by atoms with Crippen molar-refractivity contribution in [3.8, 4) is 18.1 Å². The average Bonchev–Trinajstić information content (AvgIpc) is 3.20. The lowest BCUT2D eigenvalue weighted by atomic mass is 10.0. The van der Waals surface area contributed by atoms with E-state index in [0.29, 0.717) is 32.0 Å². The second-order valence-electron chi connectivity index (χ2n) is 6.22. The Labute approximate surface area is 180 Å². The van der Waals surface area contributed by atoms with Gasteiger partial charge in [0.25, 0.3) is 5.91 Å². The number of terminal acetylenes is 1. The van der Waals surface area contributed by atoms with Gasteiger partial charge in [-0.1, -0.05) is 59.7 Å². The summed E-state index contributed by atoms with van der Waals surface area (Å²) in [6.07, 6.45) is 5.11. The molecule has 5 nitrogen and oxygen atoms in total. The maximum absolute atomic E-state index is 12.6. The SMILES string of the molecule is [2H]C([2H])(C#C)Oc1ccc2nc(NC(=O)c3ccc(C(=O)c4ccccc4)cc3)sc2c1. The molecule has 0 saturated carbocycles. The molecule has 3 aromatic carbocycles. The first-order valence-electron chi connectivity index (χ1n) is 9.93. The lowest BCUT2D eigenvalue weighted by Gasteiger charge is -2.04. The van der Waals surface area contributed by atoms with E-state index in [1.165, 1.54) is 11.3 Å². The first-order valence-corrected chi connectivity index (χ1v) is 9.75. The van der Waals surface area contributed by atoms with Gasteiger partial charge in [-0.15, -0.1) is 6.42 Å². The number of amides is 1. The zero-order valence-electron chi connectivity index (χ0n) is 17.6. The number of hydrogen-bond donors (Lipinski definition) is 1. The first-order chi connectivity index (χ1) is 15.3. The van der Waals surface area contributed by atoms with Crippen molar-refractivity contribution in [3.05, 3.63) is 89.5 Å². The third kappa shape index (κ3) is 4.22. The molecular formula is C24H16N2O3S. The molecule has 4 rings (SSSR count).